The normalized spacial score (nSPS) is 28.9. The maximum atomic E-state index is 15.4. The number of hydrogen-bond acceptors (Lipinski definition) is 16. The molecule has 7 rings (SSSR count). The minimum absolute atomic E-state index is 0.0381. The highest BCUT2D eigenvalue weighted by molar-refractivity contribution is 5.96. The van der Waals surface area contributed by atoms with E-state index in [0.717, 1.165) is 13.8 Å². The van der Waals surface area contributed by atoms with Crippen LogP contribution in [0.25, 0.3) is 0 Å². The number of nitrogens with one attached hydrogen (secondary N) is 1. The number of benzene rings is 3. The summed E-state index contributed by atoms with van der Waals surface area (Å²) in [6.45, 7) is 4.69. The Labute approximate surface area is 397 Å². The second-order valence-electron chi connectivity index (χ2n) is 18.3. The van der Waals surface area contributed by atoms with E-state index in [1.807, 2.05) is 0 Å². The Morgan fingerprint density at radius 2 is 1.43 bits per heavy atom. The second-order valence-corrected chi connectivity index (χ2v) is 18.3. The summed E-state index contributed by atoms with van der Waals surface area (Å²) in [6, 6.07) is 22.4. The number of carboxylic acid groups (broad SMARTS) is 1. The zero-order valence-corrected chi connectivity index (χ0v) is 38.5. The SMILES string of the molecule is CC(=O)O[C@H]1C(=O)[C@@]2(C)C(C(OC(=O)c3ccccc3)[C@@]3(O)CC1=C(C)[C@@H](OC(=O)[C@H](OC(=O)CCCCC(=O)O)[C@@H](NC(=O)c1ccccc1)c1ccccc1)C3)[C@]1(OC(C)=O)CO[C@@H]1C[C@@H]2O. The Morgan fingerprint density at radius 1 is 0.826 bits per heavy atom. The number of rotatable bonds is 16. The van der Waals surface area contributed by atoms with Crippen LogP contribution in [0.15, 0.2) is 102 Å². The molecule has 11 atom stereocenters. The van der Waals surface area contributed by atoms with Gasteiger partial charge in [-0.2, -0.15) is 0 Å². The van der Waals surface area contributed by atoms with Crippen LogP contribution in [-0.4, -0.2) is 117 Å². The van der Waals surface area contributed by atoms with Crippen LogP contribution in [0.3, 0.4) is 0 Å². The lowest BCUT2D eigenvalue weighted by atomic mass is 9.48. The van der Waals surface area contributed by atoms with Gasteiger partial charge in [0, 0.05) is 51.5 Å². The zero-order valence-electron chi connectivity index (χ0n) is 38.5. The molecule has 3 fully saturated rings. The van der Waals surface area contributed by atoms with Gasteiger partial charge >= 0.3 is 35.8 Å². The first-order valence-corrected chi connectivity index (χ1v) is 22.7. The van der Waals surface area contributed by atoms with Gasteiger partial charge in [0.1, 0.15) is 30.0 Å². The fourth-order valence-electron chi connectivity index (χ4n) is 10.3. The van der Waals surface area contributed by atoms with Crippen molar-refractivity contribution in [2.45, 2.75) is 127 Å². The van der Waals surface area contributed by atoms with Crippen molar-refractivity contribution >= 4 is 47.5 Å². The zero-order chi connectivity index (χ0) is 49.8. The Hall–Kier alpha value is -6.76. The molecule has 0 radical (unpaired) electrons. The molecule has 2 unspecified atom stereocenters. The Balaban J connectivity index is 1.36. The number of unbranched alkanes of at least 4 members (excludes halogenated alkanes) is 1. The van der Waals surface area contributed by atoms with Gasteiger partial charge in [0.15, 0.2) is 17.5 Å². The predicted octanol–water partition coefficient (Wildman–Crippen LogP) is 4.30. The first kappa shape index (κ1) is 50.1. The molecular formula is C51H55NO17. The van der Waals surface area contributed by atoms with Crippen LogP contribution >= 0.6 is 0 Å². The summed E-state index contributed by atoms with van der Waals surface area (Å²) in [4.78, 5) is 109. The van der Waals surface area contributed by atoms with E-state index < -0.39 is 126 Å². The third-order valence-electron chi connectivity index (χ3n) is 13.7. The molecule has 1 aliphatic heterocycles. The maximum Gasteiger partial charge on any atom is 0.350 e. The highest BCUT2D eigenvalue weighted by atomic mass is 16.6. The van der Waals surface area contributed by atoms with Crippen molar-refractivity contribution in [1.82, 2.24) is 5.32 Å². The van der Waals surface area contributed by atoms with Crippen LogP contribution < -0.4 is 5.32 Å². The van der Waals surface area contributed by atoms with E-state index >= 15 is 9.59 Å². The standard InChI is InChI=1S/C51H55NO17/c1-28-34-25-50(63,26-35(28)66-48(62)42(67-39(58)23-15-14-22-38(56)57)40(31-16-8-5-9-17-31)52-46(60)32-18-10-6-11-19-32)45(68-47(61)33-20-12-7-13-21-33)43-49(4,44(59)41(34)65-29(2)53)36(55)24-37-51(43,27-64-37)69-30(3)54/h5-13,16-21,35-37,40-43,45,55,63H,14-15,22-27H2,1-4H3,(H,52,60)(H,56,57)/t35-,36-,37+,40-,41+,42+,43?,45?,49+,50+,51-/m0/s1. The summed E-state index contributed by atoms with van der Waals surface area (Å²) in [5.74, 6) is -9.08. The third kappa shape index (κ3) is 10.2. The summed E-state index contributed by atoms with van der Waals surface area (Å²) in [6.07, 6.45) is -11.6. The molecule has 366 valence electrons. The Bertz CT molecular complexity index is 2500. The van der Waals surface area contributed by atoms with E-state index in [0.29, 0.717) is 5.56 Å². The minimum atomic E-state index is -2.38. The minimum Gasteiger partial charge on any atom is -0.481 e. The topological polar surface area (TPSA) is 265 Å². The van der Waals surface area contributed by atoms with E-state index in [1.165, 1.54) is 38.1 Å². The van der Waals surface area contributed by atoms with Gasteiger partial charge in [-0.15, -0.1) is 0 Å². The second kappa shape index (κ2) is 20.5. The molecule has 69 heavy (non-hydrogen) atoms. The van der Waals surface area contributed by atoms with Crippen molar-refractivity contribution in [1.29, 1.82) is 0 Å². The first-order chi connectivity index (χ1) is 32.8. The fraction of sp³-hybridized carbons (Fsp3) is 0.451. The maximum absolute atomic E-state index is 15.4. The number of carbonyl (C=O) groups excluding carboxylic acids is 7. The Kier molecular flexibility index (Phi) is 14.9. The molecule has 1 saturated heterocycles. The number of esters is 5. The highest BCUT2D eigenvalue weighted by Crippen LogP contribution is 2.61. The lowest BCUT2D eigenvalue weighted by Crippen LogP contribution is -2.80. The van der Waals surface area contributed by atoms with Crippen LogP contribution in [0.2, 0.25) is 0 Å². The summed E-state index contributed by atoms with van der Waals surface area (Å²) < 4.78 is 36.1. The molecule has 0 aromatic heterocycles. The van der Waals surface area contributed by atoms with Gasteiger partial charge in [0.25, 0.3) is 5.91 Å². The van der Waals surface area contributed by atoms with Crippen molar-refractivity contribution < 1.29 is 82.1 Å². The molecule has 4 aliphatic rings. The predicted molar refractivity (Wildman–Crippen MR) is 239 cm³/mol. The average Bonchev–Trinajstić information content (AvgIpc) is 3.31. The number of ether oxygens (including phenoxy) is 6. The van der Waals surface area contributed by atoms with Gasteiger partial charge < -0.3 is 49.1 Å². The van der Waals surface area contributed by atoms with E-state index in [1.54, 1.807) is 66.7 Å². The number of aliphatic hydroxyl groups excluding tert-OH is 1. The summed E-state index contributed by atoms with van der Waals surface area (Å²) in [7, 11) is 0. The number of amides is 1. The van der Waals surface area contributed by atoms with Gasteiger partial charge in [-0.05, 0) is 67.7 Å². The number of aliphatic hydroxyl groups is 2. The van der Waals surface area contributed by atoms with Crippen LogP contribution in [0.4, 0.5) is 0 Å². The van der Waals surface area contributed by atoms with Crippen molar-refractivity contribution in [3.8, 4) is 0 Å². The molecule has 1 heterocycles. The lowest BCUT2D eigenvalue weighted by Gasteiger charge is -2.65. The Morgan fingerprint density at radius 3 is 2.01 bits per heavy atom. The number of aliphatic carboxylic acids is 1. The molecule has 3 aromatic carbocycles. The average molecular weight is 954 g/mol. The molecule has 4 N–H and O–H groups in total. The van der Waals surface area contributed by atoms with Crippen LogP contribution in [0.5, 0.6) is 0 Å². The molecule has 1 amide bonds. The van der Waals surface area contributed by atoms with Gasteiger partial charge in [-0.3, -0.25) is 28.8 Å². The van der Waals surface area contributed by atoms with Crippen molar-refractivity contribution in [3.63, 3.8) is 0 Å². The molecular weight excluding hydrogens is 899 g/mol. The number of fused-ring (bicyclic) bond motifs is 5. The van der Waals surface area contributed by atoms with E-state index in [4.69, 9.17) is 33.5 Å². The van der Waals surface area contributed by atoms with Crippen molar-refractivity contribution in [2.75, 3.05) is 6.61 Å². The van der Waals surface area contributed by atoms with E-state index in [-0.39, 0.29) is 61.0 Å². The first-order valence-electron chi connectivity index (χ1n) is 22.7. The molecule has 2 saturated carbocycles. The molecule has 3 aliphatic carbocycles. The van der Waals surface area contributed by atoms with Crippen LogP contribution in [0.1, 0.15) is 105 Å². The molecule has 18 nitrogen and oxygen atoms in total. The number of ketones is 1. The van der Waals surface area contributed by atoms with Gasteiger partial charge in [0.2, 0.25) is 6.10 Å². The number of carboxylic acids is 1. The number of hydrogen-bond donors (Lipinski definition) is 4. The number of Topliss-reactive ketones (excluding diaryl/α,β-unsaturated/α-hetero) is 1. The van der Waals surface area contributed by atoms with Crippen molar-refractivity contribution in [2.24, 2.45) is 11.3 Å². The summed E-state index contributed by atoms with van der Waals surface area (Å²) in [5.41, 5.74) is -5.64. The monoisotopic (exact) mass is 953 g/mol. The van der Waals surface area contributed by atoms with Gasteiger partial charge in [0.05, 0.1) is 29.6 Å². The summed E-state index contributed by atoms with van der Waals surface area (Å²) >= 11 is 0. The molecule has 18 heteroatoms. The largest absolute Gasteiger partial charge is 0.481 e. The van der Waals surface area contributed by atoms with E-state index in [9.17, 15) is 39.0 Å². The van der Waals surface area contributed by atoms with Crippen LogP contribution in [-0.2, 0) is 57.2 Å². The molecule has 0 spiro atoms. The molecule has 3 aromatic rings. The molecule has 2 bridgehead atoms. The van der Waals surface area contributed by atoms with Crippen LogP contribution in [0, 0.1) is 11.3 Å². The smallest absolute Gasteiger partial charge is 0.350 e. The highest BCUT2D eigenvalue weighted by Gasteiger charge is 2.76. The van der Waals surface area contributed by atoms with Gasteiger partial charge in [-0.25, -0.2) is 9.59 Å². The fourth-order valence-corrected chi connectivity index (χ4v) is 10.3. The number of carbonyl (C=O) groups is 8. The van der Waals surface area contributed by atoms with Gasteiger partial charge in [-0.1, -0.05) is 66.7 Å². The third-order valence-corrected chi connectivity index (χ3v) is 13.7. The van der Waals surface area contributed by atoms with E-state index in [2.05, 4.69) is 5.32 Å². The lowest BCUT2D eigenvalue weighted by molar-refractivity contribution is -0.340. The quantitative estimate of drug-likeness (QED) is 0.0675. The summed E-state index contributed by atoms with van der Waals surface area (Å²) in [5, 5.41) is 37.4. The van der Waals surface area contributed by atoms with Crippen molar-refractivity contribution in [3.05, 3.63) is 119 Å².